The summed E-state index contributed by atoms with van der Waals surface area (Å²) >= 11 is 3.82. The molecule has 0 spiro atoms. The zero-order valence-electron chi connectivity index (χ0n) is 44.9. The van der Waals surface area contributed by atoms with Gasteiger partial charge in [0.05, 0.1) is 104 Å². The fourth-order valence-corrected chi connectivity index (χ4v) is 7.95. The van der Waals surface area contributed by atoms with Crippen LogP contribution in [0, 0.1) is 18.6 Å². The van der Waals surface area contributed by atoms with Gasteiger partial charge in [0.1, 0.15) is 29.8 Å². The Bertz CT molecular complexity index is 2770. The average Bonchev–Trinajstić information content (AvgIpc) is 3.57. The molecule has 3 aromatic carbocycles. The average molecular weight is 1160 g/mol. The van der Waals surface area contributed by atoms with Crippen molar-refractivity contribution in [3.8, 4) is 11.1 Å². The van der Waals surface area contributed by atoms with Gasteiger partial charge in [0.2, 0.25) is 23.6 Å². The van der Waals surface area contributed by atoms with Crippen molar-refractivity contribution in [2.24, 2.45) is 11.5 Å². The molecule has 4 aromatic rings. The van der Waals surface area contributed by atoms with Crippen molar-refractivity contribution < 1.29 is 76.2 Å². The Labute approximate surface area is 471 Å². The molecule has 0 aliphatic rings. The fourth-order valence-electron chi connectivity index (χ4n) is 7.71. The van der Waals surface area contributed by atoms with Crippen molar-refractivity contribution in [2.45, 2.75) is 69.9 Å². The quantitative estimate of drug-likeness (QED) is 0.0216. The molecule has 4 amide bonds. The van der Waals surface area contributed by atoms with Crippen LogP contribution in [0.25, 0.3) is 11.1 Å². The van der Waals surface area contributed by atoms with Gasteiger partial charge in [0.25, 0.3) is 5.56 Å². The van der Waals surface area contributed by atoms with Crippen molar-refractivity contribution >= 4 is 48.2 Å². The number of aryl methyl sites for hydroxylation is 1. The topological polar surface area (TPSA) is 342 Å². The first kappa shape index (κ1) is 66.6. The molecule has 10 N–H and O–H groups in total. The molecule has 0 unspecified atom stereocenters. The van der Waals surface area contributed by atoms with Crippen LogP contribution in [0.15, 0.2) is 82.4 Å². The molecule has 0 saturated heterocycles. The van der Waals surface area contributed by atoms with E-state index in [-0.39, 0.29) is 87.4 Å². The molecule has 0 radical (unpaired) electrons. The summed E-state index contributed by atoms with van der Waals surface area (Å²) in [5, 5.41) is 27.7. The van der Waals surface area contributed by atoms with Crippen LogP contribution in [0.5, 0.6) is 0 Å². The second kappa shape index (κ2) is 36.4. The molecule has 0 fully saturated rings. The number of hydrogen-bond donors (Lipinski definition) is 9. The van der Waals surface area contributed by atoms with Crippen LogP contribution in [0.2, 0.25) is 0 Å². The predicted octanol–water partition coefficient (Wildman–Crippen LogP) is 0.453. The Morgan fingerprint density at radius 2 is 1.20 bits per heavy atom. The van der Waals surface area contributed by atoms with Crippen LogP contribution in [0.3, 0.4) is 0 Å². The summed E-state index contributed by atoms with van der Waals surface area (Å²) < 4.78 is 64.7. The molecule has 1 heterocycles. The van der Waals surface area contributed by atoms with E-state index in [0.717, 1.165) is 22.3 Å². The van der Waals surface area contributed by atoms with E-state index in [1.807, 2.05) is 12.1 Å². The summed E-state index contributed by atoms with van der Waals surface area (Å²) in [4.78, 5) is 100. The maximum Gasteiger partial charge on any atom is 0.331 e. The number of thiol groups is 1. The number of carbonyl (C=O) groups excluding carboxylic acids is 4. The largest absolute Gasteiger partial charge is 0.481 e. The molecule has 0 bridgehead atoms. The standard InChI is InChI=1S/C54H72F2N8O16S/c1-35-49(52(71)64(33-43(58)37-8-3-2-4-9-37)54(74)63(35)32-39-40(55)11-6-12-41(39)56)38-10-5-7-36(29-38)13-14-46(65)59-16-18-76-20-22-78-24-26-80-28-27-79-25-23-77-21-19-75-17-15-47(66)60-31-42(57)50(69)61-44(30-48(67)68)51(70)62-45(34-81)53(72)73/h2-12,29,42-45,81H,13-28,30-34,57-58H2,1H3,(H,59,65)(H,60,66)(H,61,69)(H,62,70)(H,67,68)(H,72,73)/t42-,43-,44-,45-/m0/s1. The fraction of sp³-hybridized carbons (Fsp3) is 0.481. The molecule has 0 aliphatic carbocycles. The van der Waals surface area contributed by atoms with Gasteiger partial charge in [-0.3, -0.25) is 37.9 Å². The number of ether oxygens (including phenoxy) is 6. The number of aliphatic carboxylic acids is 2. The number of halogens is 2. The third-order valence-corrected chi connectivity index (χ3v) is 12.5. The van der Waals surface area contributed by atoms with E-state index in [1.165, 1.54) is 10.6 Å². The van der Waals surface area contributed by atoms with Gasteiger partial charge in [0.15, 0.2) is 0 Å². The Morgan fingerprint density at radius 3 is 1.77 bits per heavy atom. The summed E-state index contributed by atoms with van der Waals surface area (Å²) in [5.74, 6) is -7.48. The highest BCUT2D eigenvalue weighted by atomic mass is 32.1. The van der Waals surface area contributed by atoms with Crippen molar-refractivity contribution in [2.75, 3.05) is 98.1 Å². The van der Waals surface area contributed by atoms with Crippen molar-refractivity contribution in [1.82, 2.24) is 30.4 Å². The molecule has 81 heavy (non-hydrogen) atoms. The highest BCUT2D eigenvalue weighted by molar-refractivity contribution is 7.80. The number of nitrogens with zero attached hydrogens (tertiary/aromatic N) is 2. The van der Waals surface area contributed by atoms with E-state index < -0.39 is 89.7 Å². The normalized spacial score (nSPS) is 12.7. The second-order valence-electron chi connectivity index (χ2n) is 18.1. The summed E-state index contributed by atoms with van der Waals surface area (Å²) in [6.45, 7) is 4.14. The molecule has 0 saturated carbocycles. The predicted molar refractivity (Wildman–Crippen MR) is 293 cm³/mol. The first-order valence-electron chi connectivity index (χ1n) is 26.0. The van der Waals surface area contributed by atoms with E-state index in [2.05, 4.69) is 33.9 Å². The number of carboxylic acids is 2. The van der Waals surface area contributed by atoms with E-state index >= 15 is 0 Å². The number of carbonyl (C=O) groups is 6. The zero-order valence-corrected chi connectivity index (χ0v) is 45.8. The van der Waals surface area contributed by atoms with Gasteiger partial charge < -0.3 is 71.4 Å². The van der Waals surface area contributed by atoms with Gasteiger partial charge in [-0.05, 0) is 42.2 Å². The number of amides is 4. The minimum absolute atomic E-state index is 0.0441. The van der Waals surface area contributed by atoms with Crippen LogP contribution < -0.4 is 44.0 Å². The number of nitrogens with one attached hydrogen (secondary N) is 4. The highest BCUT2D eigenvalue weighted by Gasteiger charge is 2.30. The molecule has 0 aliphatic heterocycles. The number of benzene rings is 3. The van der Waals surface area contributed by atoms with E-state index in [1.54, 1.807) is 49.4 Å². The third-order valence-electron chi connectivity index (χ3n) is 12.1. The zero-order chi connectivity index (χ0) is 59.1. The molecule has 1 aromatic heterocycles. The van der Waals surface area contributed by atoms with Gasteiger partial charge in [0, 0.05) is 49.0 Å². The minimum Gasteiger partial charge on any atom is -0.481 e. The number of rotatable bonds is 40. The SMILES string of the molecule is Cc1c(-c2cccc(CCC(=O)NCCOCCOCCOCCOCCOCCOCCC(=O)NC[C@H](N)C(=O)N[C@@H](CC(=O)O)C(=O)N[C@@H](CS)C(=O)O)c2)c(=O)n(C[C@H](N)c2ccccc2)c(=O)n1Cc1c(F)cccc1F. The van der Waals surface area contributed by atoms with Crippen LogP contribution in [-0.4, -0.2) is 171 Å². The molecule has 24 nitrogen and oxygen atoms in total. The highest BCUT2D eigenvalue weighted by Crippen LogP contribution is 2.23. The molecule has 444 valence electrons. The van der Waals surface area contributed by atoms with Gasteiger partial charge in [-0.1, -0.05) is 60.7 Å². The van der Waals surface area contributed by atoms with E-state index in [4.69, 9.17) is 50.1 Å². The smallest absolute Gasteiger partial charge is 0.331 e. The van der Waals surface area contributed by atoms with Gasteiger partial charge >= 0.3 is 17.6 Å². The van der Waals surface area contributed by atoms with Gasteiger partial charge in [-0.15, -0.1) is 0 Å². The van der Waals surface area contributed by atoms with Crippen molar-refractivity contribution in [3.63, 3.8) is 0 Å². The monoisotopic (exact) mass is 1160 g/mol. The number of carboxylic acid groups (broad SMARTS) is 2. The van der Waals surface area contributed by atoms with Gasteiger partial charge in [-0.25, -0.2) is 18.4 Å². The number of aromatic nitrogens is 2. The molecular formula is C54H72F2N8O16S. The summed E-state index contributed by atoms with van der Waals surface area (Å²) in [7, 11) is 0. The lowest BCUT2D eigenvalue weighted by Gasteiger charge is -2.21. The molecule has 27 heteroatoms. The van der Waals surface area contributed by atoms with Crippen LogP contribution in [0.1, 0.15) is 47.7 Å². The molecule has 4 atom stereocenters. The summed E-state index contributed by atoms with van der Waals surface area (Å²) in [5.41, 5.74) is 12.8. The van der Waals surface area contributed by atoms with Gasteiger partial charge in [-0.2, -0.15) is 12.6 Å². The first-order chi connectivity index (χ1) is 38.9. The second-order valence-corrected chi connectivity index (χ2v) is 18.5. The minimum atomic E-state index is -1.62. The Balaban J connectivity index is 1.01. The first-order valence-corrected chi connectivity index (χ1v) is 26.6. The Morgan fingerprint density at radius 1 is 0.654 bits per heavy atom. The number of nitrogens with two attached hydrogens (primary N) is 2. The van der Waals surface area contributed by atoms with Crippen molar-refractivity contribution in [1.29, 1.82) is 0 Å². The van der Waals surface area contributed by atoms with E-state index in [0.29, 0.717) is 70.4 Å². The van der Waals surface area contributed by atoms with Crippen molar-refractivity contribution in [3.05, 3.63) is 128 Å². The van der Waals surface area contributed by atoms with Crippen LogP contribution in [-0.2, 0) is 76.7 Å². The molecule has 4 rings (SSSR count). The Kier molecular flexibility index (Phi) is 29.9. The molecular weight excluding hydrogens is 1090 g/mol. The van der Waals surface area contributed by atoms with Crippen LogP contribution in [0.4, 0.5) is 8.78 Å². The maximum atomic E-state index is 14.9. The lowest BCUT2D eigenvalue weighted by atomic mass is 10.00. The summed E-state index contributed by atoms with van der Waals surface area (Å²) in [6.07, 6.45) is -0.438. The third kappa shape index (κ3) is 23.6. The lowest BCUT2D eigenvalue weighted by molar-refractivity contribution is -0.143. The lowest BCUT2D eigenvalue weighted by Crippen LogP contribution is -2.57. The Hall–Kier alpha value is -6.95. The number of hydrogen-bond acceptors (Lipinski definition) is 17. The van der Waals surface area contributed by atoms with E-state index in [9.17, 15) is 47.1 Å². The summed E-state index contributed by atoms with van der Waals surface area (Å²) in [6, 6.07) is 14.3. The maximum absolute atomic E-state index is 14.9. The van der Waals surface area contributed by atoms with Crippen LogP contribution >= 0.6 is 12.6 Å².